The maximum Gasteiger partial charge on any atom is 0.338 e. The number of carbonyl (C=O) groups is 1. The largest absolute Gasteiger partial charge is 0.493 e. The van der Waals surface area contributed by atoms with Crippen LogP contribution in [0.1, 0.15) is 12.8 Å². The molecule has 0 unspecified atom stereocenters. The van der Waals surface area contributed by atoms with Gasteiger partial charge in [-0.25, -0.2) is 13.2 Å². The van der Waals surface area contributed by atoms with Crippen LogP contribution >= 0.6 is 0 Å². The van der Waals surface area contributed by atoms with Crippen LogP contribution in [0.2, 0.25) is 0 Å². The zero-order valence-corrected chi connectivity index (χ0v) is 19.9. The van der Waals surface area contributed by atoms with Crippen molar-refractivity contribution in [1.82, 2.24) is 9.47 Å². The molecule has 0 N–H and O–H groups in total. The van der Waals surface area contributed by atoms with E-state index in [-0.39, 0.29) is 22.1 Å². The summed E-state index contributed by atoms with van der Waals surface area (Å²) in [6.07, 6.45) is 3.50. The molecule has 1 aromatic heterocycles. The van der Waals surface area contributed by atoms with E-state index in [1.165, 1.54) is 39.5 Å². The number of rotatable bonds is 6. The van der Waals surface area contributed by atoms with E-state index in [0.717, 1.165) is 28.0 Å². The van der Waals surface area contributed by atoms with E-state index < -0.39 is 16.1 Å². The molecule has 1 aliphatic heterocycles. The summed E-state index contributed by atoms with van der Waals surface area (Å²) < 4.78 is 46.7. The Kier molecular flexibility index (Phi) is 6.11. The summed E-state index contributed by atoms with van der Waals surface area (Å²) in [5.74, 6) is 0.806. The maximum absolute atomic E-state index is 13.9. The normalized spacial score (nSPS) is 13.9. The second kappa shape index (κ2) is 8.86. The van der Waals surface area contributed by atoms with Crippen molar-refractivity contribution in [3.05, 3.63) is 42.6 Å². The molecule has 1 aliphatic rings. The highest BCUT2D eigenvalue weighted by Crippen LogP contribution is 2.42. The average molecular weight is 474 g/mol. The van der Waals surface area contributed by atoms with Gasteiger partial charge < -0.3 is 23.7 Å². The van der Waals surface area contributed by atoms with E-state index in [4.69, 9.17) is 14.2 Å². The first-order chi connectivity index (χ1) is 15.8. The average Bonchev–Trinajstić information content (AvgIpc) is 3.48. The number of amides is 2. The van der Waals surface area contributed by atoms with Crippen LogP contribution < -0.4 is 18.5 Å². The molecule has 1 saturated heterocycles. The molecule has 0 bridgehead atoms. The molecule has 2 aromatic carbocycles. The minimum Gasteiger partial charge on any atom is -0.493 e. The SMILES string of the molecule is COc1cc(N(C(=O)N2CCCC2)S(=O)(=O)c2ccc3c(ccn3C)c2)cc(OC)c1OC. The van der Waals surface area contributed by atoms with E-state index >= 15 is 0 Å². The number of anilines is 1. The van der Waals surface area contributed by atoms with Crippen molar-refractivity contribution in [3.8, 4) is 17.2 Å². The van der Waals surface area contributed by atoms with Crippen molar-refractivity contribution in [2.45, 2.75) is 17.7 Å². The van der Waals surface area contributed by atoms with Crippen molar-refractivity contribution >= 4 is 32.6 Å². The molecule has 33 heavy (non-hydrogen) atoms. The van der Waals surface area contributed by atoms with Crippen molar-refractivity contribution in [2.75, 3.05) is 38.7 Å². The first-order valence-corrected chi connectivity index (χ1v) is 11.9. The Labute approximate surface area is 193 Å². The van der Waals surface area contributed by atoms with Crippen LogP contribution in [0, 0.1) is 0 Å². The van der Waals surface area contributed by atoms with Crippen molar-refractivity contribution in [1.29, 1.82) is 0 Å². The van der Waals surface area contributed by atoms with Gasteiger partial charge in [0.2, 0.25) is 5.75 Å². The van der Waals surface area contributed by atoms with Crippen molar-refractivity contribution in [3.63, 3.8) is 0 Å². The monoisotopic (exact) mass is 473 g/mol. The van der Waals surface area contributed by atoms with Gasteiger partial charge in [-0.3, -0.25) is 0 Å². The van der Waals surface area contributed by atoms with Crippen LogP contribution in [0.5, 0.6) is 17.2 Å². The highest BCUT2D eigenvalue weighted by atomic mass is 32.2. The molecule has 1 fully saturated rings. The number of likely N-dealkylation sites (tertiary alicyclic amines) is 1. The summed E-state index contributed by atoms with van der Waals surface area (Å²) in [5.41, 5.74) is 0.994. The smallest absolute Gasteiger partial charge is 0.338 e. The molecule has 0 aliphatic carbocycles. The predicted octanol–water partition coefficient (Wildman–Crippen LogP) is 3.62. The number of aryl methyl sites for hydroxylation is 1. The Balaban J connectivity index is 1.90. The molecule has 3 aromatic rings. The van der Waals surface area contributed by atoms with Gasteiger partial charge in [-0.2, -0.15) is 4.31 Å². The second-order valence-electron chi connectivity index (χ2n) is 7.78. The molecular formula is C23H27N3O6S. The number of hydrogen-bond donors (Lipinski definition) is 0. The molecule has 0 saturated carbocycles. The van der Waals surface area contributed by atoms with Gasteiger partial charge in [0.25, 0.3) is 10.0 Å². The number of carbonyl (C=O) groups excluding carboxylic acids is 1. The molecule has 4 rings (SSSR count). The number of hydrogen-bond acceptors (Lipinski definition) is 6. The Morgan fingerprint density at radius 3 is 2.15 bits per heavy atom. The molecule has 2 amide bonds. The van der Waals surface area contributed by atoms with Gasteiger partial charge in [-0.05, 0) is 37.1 Å². The minimum atomic E-state index is -4.26. The molecule has 2 heterocycles. The van der Waals surface area contributed by atoms with Gasteiger partial charge in [0, 0.05) is 49.4 Å². The van der Waals surface area contributed by atoms with Gasteiger partial charge in [-0.15, -0.1) is 0 Å². The Bertz CT molecular complexity index is 1270. The van der Waals surface area contributed by atoms with Gasteiger partial charge in [0.05, 0.1) is 31.9 Å². The van der Waals surface area contributed by atoms with E-state index in [2.05, 4.69) is 0 Å². The van der Waals surface area contributed by atoms with Gasteiger partial charge in [0.15, 0.2) is 11.5 Å². The van der Waals surface area contributed by atoms with Crippen LogP contribution in [0.25, 0.3) is 10.9 Å². The third kappa shape index (κ3) is 3.95. The lowest BCUT2D eigenvalue weighted by Crippen LogP contribution is -2.45. The topological polar surface area (TPSA) is 90.3 Å². The Morgan fingerprint density at radius 1 is 0.939 bits per heavy atom. The third-order valence-electron chi connectivity index (χ3n) is 5.83. The van der Waals surface area contributed by atoms with E-state index in [1.807, 2.05) is 23.9 Å². The molecule has 176 valence electrons. The lowest BCUT2D eigenvalue weighted by molar-refractivity contribution is 0.219. The Hall–Kier alpha value is -3.40. The number of nitrogens with zero attached hydrogens (tertiary/aromatic N) is 3. The highest BCUT2D eigenvalue weighted by molar-refractivity contribution is 7.93. The van der Waals surface area contributed by atoms with Gasteiger partial charge in [-0.1, -0.05) is 0 Å². The predicted molar refractivity (Wildman–Crippen MR) is 125 cm³/mol. The summed E-state index contributed by atoms with van der Waals surface area (Å²) in [6.45, 7) is 0.986. The number of fused-ring (bicyclic) bond motifs is 1. The maximum atomic E-state index is 13.9. The third-order valence-corrected chi connectivity index (χ3v) is 7.53. The molecule has 9 nitrogen and oxygen atoms in total. The summed E-state index contributed by atoms with van der Waals surface area (Å²) in [5, 5.41) is 0.761. The quantitative estimate of drug-likeness (QED) is 0.543. The van der Waals surface area contributed by atoms with Gasteiger partial charge in [0.1, 0.15) is 0 Å². The van der Waals surface area contributed by atoms with E-state index in [0.29, 0.717) is 18.8 Å². The fraction of sp³-hybridized carbons (Fsp3) is 0.348. The molecule has 0 spiro atoms. The summed E-state index contributed by atoms with van der Waals surface area (Å²) in [6, 6.07) is 8.97. The van der Waals surface area contributed by atoms with E-state index in [1.54, 1.807) is 17.0 Å². The number of benzene rings is 2. The summed E-state index contributed by atoms with van der Waals surface area (Å²) in [7, 11) is 1.95. The zero-order chi connectivity index (χ0) is 23.8. The van der Waals surface area contributed by atoms with Crippen molar-refractivity contribution < 1.29 is 27.4 Å². The van der Waals surface area contributed by atoms with Crippen LogP contribution in [-0.4, -0.2) is 58.3 Å². The lowest BCUT2D eigenvalue weighted by atomic mass is 10.2. The molecule has 0 atom stereocenters. The highest BCUT2D eigenvalue weighted by Gasteiger charge is 2.36. The standard InChI is InChI=1S/C23H27N3O6S/c1-24-12-9-16-13-18(7-8-19(16)24)33(28,29)26(23(27)25-10-5-6-11-25)17-14-20(30-2)22(32-4)21(15-17)31-3/h7-9,12-15H,5-6,10-11H2,1-4H3. The van der Waals surface area contributed by atoms with Gasteiger partial charge >= 0.3 is 6.03 Å². The Morgan fingerprint density at radius 2 is 1.58 bits per heavy atom. The van der Waals surface area contributed by atoms with Crippen molar-refractivity contribution in [2.24, 2.45) is 7.05 Å². The second-order valence-corrected chi connectivity index (χ2v) is 9.56. The first-order valence-electron chi connectivity index (χ1n) is 10.5. The van der Waals surface area contributed by atoms with Crippen LogP contribution in [-0.2, 0) is 17.1 Å². The fourth-order valence-corrected chi connectivity index (χ4v) is 5.53. The number of sulfonamides is 1. The summed E-state index contributed by atoms with van der Waals surface area (Å²) in [4.78, 5) is 15.1. The van der Waals surface area contributed by atoms with Crippen LogP contribution in [0.4, 0.5) is 10.5 Å². The summed E-state index contributed by atoms with van der Waals surface area (Å²) >= 11 is 0. The minimum absolute atomic E-state index is 0.0162. The van der Waals surface area contributed by atoms with E-state index in [9.17, 15) is 13.2 Å². The zero-order valence-electron chi connectivity index (χ0n) is 19.1. The van der Waals surface area contributed by atoms with Crippen LogP contribution in [0.3, 0.4) is 0 Å². The van der Waals surface area contributed by atoms with Crippen LogP contribution in [0.15, 0.2) is 47.5 Å². The number of aromatic nitrogens is 1. The number of ether oxygens (including phenoxy) is 3. The lowest BCUT2D eigenvalue weighted by Gasteiger charge is -2.28. The molecular weight excluding hydrogens is 446 g/mol. The fourth-order valence-electron chi connectivity index (χ4n) is 4.10. The number of methoxy groups -OCH3 is 3. The molecule has 10 heteroatoms. The molecule has 0 radical (unpaired) electrons. The number of urea groups is 1. The first kappa shape index (κ1) is 22.8.